The van der Waals surface area contributed by atoms with E-state index in [2.05, 4.69) is 12.2 Å². The smallest absolute Gasteiger partial charge is 0.252 e. The predicted molar refractivity (Wildman–Crippen MR) is 133 cm³/mol. The van der Waals surface area contributed by atoms with E-state index in [1.54, 1.807) is 0 Å². The van der Waals surface area contributed by atoms with Gasteiger partial charge >= 0.3 is 0 Å². The van der Waals surface area contributed by atoms with E-state index >= 15 is 0 Å². The summed E-state index contributed by atoms with van der Waals surface area (Å²) in [5, 5.41) is 3.97. The van der Waals surface area contributed by atoms with Gasteiger partial charge in [0, 0.05) is 36.8 Å². The van der Waals surface area contributed by atoms with Crippen molar-refractivity contribution in [1.82, 2.24) is 5.32 Å². The van der Waals surface area contributed by atoms with Crippen LogP contribution in [0.1, 0.15) is 73.8 Å². The van der Waals surface area contributed by atoms with Gasteiger partial charge in [-0.3, -0.25) is 4.79 Å². The molecule has 2 aromatic rings. The first-order valence-corrected chi connectivity index (χ1v) is 12.1. The maximum atomic E-state index is 13.2. The quantitative estimate of drug-likeness (QED) is 0.396. The Morgan fingerprint density at radius 3 is 2.44 bits per heavy atom. The third-order valence-corrected chi connectivity index (χ3v) is 6.21. The molecule has 1 aliphatic rings. The van der Waals surface area contributed by atoms with E-state index in [0.29, 0.717) is 10.6 Å². The molecule has 2 aromatic carbocycles. The molecule has 0 saturated carbocycles. The summed E-state index contributed by atoms with van der Waals surface area (Å²) in [6.45, 7) is 2.97. The largest absolute Gasteiger partial charge is 0.498 e. The zero-order valence-electron chi connectivity index (χ0n) is 19.5. The molecule has 1 heterocycles. The zero-order valence-corrected chi connectivity index (χ0v) is 20.3. The lowest BCUT2D eigenvalue weighted by Gasteiger charge is -2.29. The van der Waals surface area contributed by atoms with E-state index in [9.17, 15) is 4.79 Å². The fourth-order valence-electron chi connectivity index (χ4n) is 4.09. The molecule has 172 valence electrons. The van der Waals surface area contributed by atoms with Gasteiger partial charge in [-0.15, -0.1) is 0 Å². The second-order valence-corrected chi connectivity index (χ2v) is 9.05. The minimum atomic E-state index is -0.227. The van der Waals surface area contributed by atoms with Gasteiger partial charge < -0.3 is 15.0 Å². The molecule has 1 N–H and O–H groups in total. The predicted octanol–water partition coefficient (Wildman–Crippen LogP) is 6.91. The molecule has 0 spiro atoms. The fourth-order valence-corrected chi connectivity index (χ4v) is 4.22. The van der Waals surface area contributed by atoms with E-state index in [4.69, 9.17) is 16.3 Å². The van der Waals surface area contributed by atoms with Crippen molar-refractivity contribution in [3.63, 3.8) is 0 Å². The van der Waals surface area contributed by atoms with Gasteiger partial charge in [0.2, 0.25) is 0 Å². The number of benzene rings is 2. The van der Waals surface area contributed by atoms with Gasteiger partial charge in [-0.1, -0.05) is 49.9 Å². The van der Waals surface area contributed by atoms with Gasteiger partial charge in [0.25, 0.3) is 5.91 Å². The Balaban J connectivity index is 1.88. The number of nitrogens with one attached hydrogen (secondary N) is 1. The minimum Gasteiger partial charge on any atom is -0.498 e. The Hall–Kier alpha value is -2.46. The number of allylic oxidation sites excluding steroid dienone is 1. The first-order chi connectivity index (χ1) is 15.5. The number of ether oxygens (including phenoxy) is 1. The summed E-state index contributed by atoms with van der Waals surface area (Å²) in [6.07, 6.45) is 7.58. The molecule has 0 unspecified atom stereocenters. The average molecular weight is 455 g/mol. The molecule has 0 aliphatic carbocycles. The number of anilines is 1. The van der Waals surface area contributed by atoms with Crippen LogP contribution >= 0.6 is 11.6 Å². The summed E-state index contributed by atoms with van der Waals surface area (Å²) >= 11 is 6.14. The number of hydrogen-bond donors (Lipinski definition) is 1. The van der Waals surface area contributed by atoms with Crippen LogP contribution < -0.4 is 10.2 Å². The summed E-state index contributed by atoms with van der Waals surface area (Å²) in [5.74, 6) is 0.967. The first-order valence-electron chi connectivity index (χ1n) is 11.7. The van der Waals surface area contributed by atoms with Crippen LogP contribution in [0.15, 0.2) is 59.9 Å². The van der Waals surface area contributed by atoms with E-state index < -0.39 is 0 Å². The topological polar surface area (TPSA) is 41.6 Å². The highest BCUT2D eigenvalue weighted by atomic mass is 35.5. The van der Waals surface area contributed by atoms with Crippen LogP contribution in [0.2, 0.25) is 5.02 Å². The number of halogens is 1. The molecule has 1 aliphatic heterocycles. The van der Waals surface area contributed by atoms with Crippen LogP contribution in [0.3, 0.4) is 0 Å². The van der Waals surface area contributed by atoms with Crippen LogP contribution in [0, 0.1) is 0 Å². The number of amides is 1. The molecule has 1 amide bonds. The molecule has 0 bridgehead atoms. The maximum Gasteiger partial charge on any atom is 0.252 e. The Labute approximate surface area is 197 Å². The summed E-state index contributed by atoms with van der Waals surface area (Å²) in [6, 6.07) is 15.2. The molecule has 5 heteroatoms. The van der Waals surface area contributed by atoms with Crippen molar-refractivity contribution in [2.45, 2.75) is 57.9 Å². The van der Waals surface area contributed by atoms with Crippen molar-refractivity contribution in [2.24, 2.45) is 0 Å². The molecule has 32 heavy (non-hydrogen) atoms. The number of nitrogens with zero attached hydrogens (tertiary/aromatic N) is 1. The van der Waals surface area contributed by atoms with E-state index in [1.807, 2.05) is 67.5 Å². The molecule has 1 atom stereocenters. The highest BCUT2D eigenvalue weighted by Crippen LogP contribution is 2.34. The molecular weight excluding hydrogens is 420 g/mol. The molecule has 3 rings (SSSR count). The highest BCUT2D eigenvalue weighted by Gasteiger charge is 2.26. The fraction of sp³-hybridized carbons (Fsp3) is 0.444. The molecule has 0 aromatic heterocycles. The zero-order chi connectivity index (χ0) is 22.9. The summed E-state index contributed by atoms with van der Waals surface area (Å²) < 4.78 is 6.12. The Kier molecular flexibility index (Phi) is 9.04. The Bertz CT molecular complexity index is 904. The summed E-state index contributed by atoms with van der Waals surface area (Å²) in [4.78, 5) is 15.2. The third kappa shape index (κ3) is 6.52. The van der Waals surface area contributed by atoms with Gasteiger partial charge in [0.15, 0.2) is 0 Å². The normalized spacial score (nSPS) is 14.6. The number of carbonyl (C=O) groups excluding carboxylic acids is 1. The van der Waals surface area contributed by atoms with E-state index in [-0.39, 0.29) is 11.9 Å². The van der Waals surface area contributed by atoms with E-state index in [1.165, 1.54) is 24.8 Å². The Morgan fingerprint density at radius 1 is 1.06 bits per heavy atom. The van der Waals surface area contributed by atoms with Crippen molar-refractivity contribution in [2.75, 3.05) is 25.6 Å². The lowest BCUT2D eigenvalue weighted by atomic mass is 9.91. The number of hydrogen-bond acceptors (Lipinski definition) is 3. The lowest BCUT2D eigenvalue weighted by molar-refractivity contribution is 0.0937. The van der Waals surface area contributed by atoms with Gasteiger partial charge in [0.1, 0.15) is 0 Å². The minimum absolute atomic E-state index is 0.0846. The van der Waals surface area contributed by atoms with Crippen LogP contribution in [0.4, 0.5) is 5.69 Å². The maximum absolute atomic E-state index is 13.2. The number of rotatable bonds is 10. The second-order valence-electron chi connectivity index (χ2n) is 8.61. The van der Waals surface area contributed by atoms with Crippen LogP contribution in [0.25, 0.3) is 0 Å². The lowest BCUT2D eigenvalue weighted by Crippen LogP contribution is -2.31. The highest BCUT2D eigenvalue weighted by molar-refractivity contribution is 6.30. The van der Waals surface area contributed by atoms with Crippen molar-refractivity contribution in [3.05, 3.63) is 76.0 Å². The molecular formula is C27H35ClN2O2. The molecule has 4 nitrogen and oxygen atoms in total. The van der Waals surface area contributed by atoms with Crippen molar-refractivity contribution in [3.8, 4) is 0 Å². The van der Waals surface area contributed by atoms with Gasteiger partial charge in [-0.05, 0) is 66.8 Å². The van der Waals surface area contributed by atoms with Gasteiger partial charge in [-0.25, -0.2) is 0 Å². The van der Waals surface area contributed by atoms with E-state index in [0.717, 1.165) is 49.3 Å². The van der Waals surface area contributed by atoms with Crippen LogP contribution in [-0.2, 0) is 4.74 Å². The van der Waals surface area contributed by atoms with Crippen molar-refractivity contribution in [1.29, 1.82) is 0 Å². The average Bonchev–Trinajstić information content (AvgIpc) is 2.81. The van der Waals surface area contributed by atoms with Crippen LogP contribution in [0.5, 0.6) is 0 Å². The van der Waals surface area contributed by atoms with Crippen LogP contribution in [-0.4, -0.2) is 26.6 Å². The standard InChI is InChI=1S/C27H35ClN2O2/c1-4-5-6-7-10-25-24(9-8-19-32-25)26(20-11-15-22(28)16-12-20)29-27(31)21-13-17-23(18-14-21)30(2)3/h11-18,26H,4-10,19H2,1-3H3,(H,29,31)/t26-/m0/s1. The molecule has 0 saturated heterocycles. The van der Waals surface area contributed by atoms with Crippen molar-refractivity contribution >= 4 is 23.2 Å². The van der Waals surface area contributed by atoms with Gasteiger partial charge in [-0.2, -0.15) is 0 Å². The Morgan fingerprint density at radius 2 is 1.78 bits per heavy atom. The first kappa shape index (κ1) is 24.2. The summed E-state index contributed by atoms with van der Waals surface area (Å²) in [7, 11) is 3.98. The van der Waals surface area contributed by atoms with Gasteiger partial charge in [0.05, 0.1) is 18.4 Å². The second kappa shape index (κ2) is 12.0. The number of unbranched alkanes of at least 4 members (excludes halogenated alkanes) is 3. The third-order valence-electron chi connectivity index (χ3n) is 5.96. The van der Waals surface area contributed by atoms with Crippen molar-refractivity contribution < 1.29 is 9.53 Å². The molecule has 0 fully saturated rings. The molecule has 0 radical (unpaired) electrons. The monoisotopic (exact) mass is 454 g/mol. The number of carbonyl (C=O) groups is 1. The SMILES string of the molecule is CCCCCCC1=C([C@@H](NC(=O)c2ccc(N(C)C)cc2)c2ccc(Cl)cc2)CCCO1. The summed E-state index contributed by atoms with van der Waals surface area (Å²) in [5.41, 5.74) is 3.93.